The Hall–Kier alpha value is -2.04. The Labute approximate surface area is 138 Å². The zero-order chi connectivity index (χ0) is 17.0. The van der Waals surface area contributed by atoms with Crippen molar-refractivity contribution < 1.29 is 9.59 Å². The van der Waals surface area contributed by atoms with Gasteiger partial charge in [-0.1, -0.05) is 43.5 Å². The average molecular weight is 317 g/mol. The van der Waals surface area contributed by atoms with E-state index >= 15 is 0 Å². The first-order valence-electron chi connectivity index (χ1n) is 8.33. The third kappa shape index (κ3) is 3.84. The van der Waals surface area contributed by atoms with E-state index in [1.165, 1.54) is 5.56 Å². The highest BCUT2D eigenvalue weighted by atomic mass is 16.2. The first kappa shape index (κ1) is 17.3. The summed E-state index contributed by atoms with van der Waals surface area (Å²) >= 11 is 0. The second-order valence-electron chi connectivity index (χ2n) is 6.57. The molecule has 1 aromatic carbocycles. The molecule has 1 fully saturated rings. The van der Waals surface area contributed by atoms with E-state index in [0.29, 0.717) is 12.8 Å². The molecule has 2 rings (SSSR count). The molecule has 0 spiro atoms. The van der Waals surface area contributed by atoms with Crippen LogP contribution in [0.3, 0.4) is 0 Å². The molecule has 1 atom stereocenters. The molecule has 126 valence electrons. The Morgan fingerprint density at radius 1 is 1.26 bits per heavy atom. The van der Waals surface area contributed by atoms with Crippen molar-refractivity contribution in [1.29, 1.82) is 0 Å². The summed E-state index contributed by atoms with van der Waals surface area (Å²) in [6, 6.07) is 5.81. The maximum absolute atomic E-state index is 12.4. The van der Waals surface area contributed by atoms with E-state index in [1.807, 2.05) is 19.9 Å². The third-order valence-electron chi connectivity index (χ3n) is 4.80. The Bertz CT molecular complexity index is 592. The van der Waals surface area contributed by atoms with Crippen molar-refractivity contribution in [2.75, 3.05) is 0 Å². The molecule has 0 aliphatic heterocycles. The molecular formula is C18H27N3O2. The van der Waals surface area contributed by atoms with Crippen molar-refractivity contribution in [2.24, 2.45) is 5.73 Å². The number of nitrogens with one attached hydrogen (secondary N) is 2. The normalized spacial score (nSPS) is 17.5. The van der Waals surface area contributed by atoms with Gasteiger partial charge in [0.2, 0.25) is 5.91 Å². The van der Waals surface area contributed by atoms with E-state index in [-0.39, 0.29) is 12.1 Å². The van der Waals surface area contributed by atoms with Gasteiger partial charge in [0.25, 0.3) is 0 Å². The van der Waals surface area contributed by atoms with Crippen LogP contribution in [0, 0.1) is 13.8 Å². The number of amides is 3. The fourth-order valence-electron chi connectivity index (χ4n) is 3.44. The van der Waals surface area contributed by atoms with Gasteiger partial charge in [0.15, 0.2) is 0 Å². The highest BCUT2D eigenvalue weighted by molar-refractivity contribution is 5.90. The van der Waals surface area contributed by atoms with Gasteiger partial charge in [-0.25, -0.2) is 4.79 Å². The lowest BCUT2D eigenvalue weighted by Gasteiger charge is -2.28. The minimum absolute atomic E-state index is 0.0815. The second kappa shape index (κ2) is 7.02. The molecule has 1 saturated carbocycles. The molecule has 1 aliphatic carbocycles. The van der Waals surface area contributed by atoms with Crippen LogP contribution in [0.2, 0.25) is 0 Å². The van der Waals surface area contributed by atoms with E-state index < -0.39 is 11.4 Å². The standard InChI is InChI=1S/C18H27N3O2/c1-4-15(14-8-7-12(2)11-13(14)3)20-17(23)21-18(16(19)22)9-5-6-10-18/h7-8,11,15H,4-6,9-10H2,1-3H3,(H2,19,22)(H2,20,21,23)/t15-/m1/s1. The summed E-state index contributed by atoms with van der Waals surface area (Å²) in [4.78, 5) is 24.2. The van der Waals surface area contributed by atoms with Crippen LogP contribution >= 0.6 is 0 Å². The minimum atomic E-state index is -0.884. The van der Waals surface area contributed by atoms with Gasteiger partial charge >= 0.3 is 6.03 Å². The number of urea groups is 1. The summed E-state index contributed by atoms with van der Waals surface area (Å²) < 4.78 is 0. The third-order valence-corrected chi connectivity index (χ3v) is 4.80. The van der Waals surface area contributed by atoms with Gasteiger partial charge in [-0.3, -0.25) is 4.79 Å². The molecule has 5 nitrogen and oxygen atoms in total. The maximum Gasteiger partial charge on any atom is 0.316 e. The molecule has 0 radical (unpaired) electrons. The number of carbonyl (C=O) groups excluding carboxylic acids is 2. The highest BCUT2D eigenvalue weighted by Crippen LogP contribution is 2.29. The van der Waals surface area contributed by atoms with Crippen LogP contribution in [0.1, 0.15) is 61.8 Å². The van der Waals surface area contributed by atoms with Crippen LogP contribution < -0.4 is 16.4 Å². The zero-order valence-electron chi connectivity index (χ0n) is 14.2. The smallest absolute Gasteiger partial charge is 0.316 e. The van der Waals surface area contributed by atoms with E-state index in [0.717, 1.165) is 30.4 Å². The molecule has 0 heterocycles. The first-order chi connectivity index (χ1) is 10.9. The number of rotatable bonds is 5. The fourth-order valence-corrected chi connectivity index (χ4v) is 3.44. The first-order valence-corrected chi connectivity index (χ1v) is 8.33. The molecule has 0 saturated heterocycles. The van der Waals surface area contributed by atoms with Gasteiger partial charge in [0.05, 0.1) is 6.04 Å². The van der Waals surface area contributed by atoms with Crippen LogP contribution in [-0.4, -0.2) is 17.5 Å². The second-order valence-corrected chi connectivity index (χ2v) is 6.57. The summed E-state index contributed by atoms with van der Waals surface area (Å²) in [6.45, 7) is 6.13. The number of primary amides is 1. The molecule has 5 heteroatoms. The van der Waals surface area contributed by atoms with Gasteiger partial charge in [-0.05, 0) is 44.2 Å². The molecule has 4 N–H and O–H groups in total. The Balaban J connectivity index is 2.09. The zero-order valence-corrected chi connectivity index (χ0v) is 14.2. The lowest BCUT2D eigenvalue weighted by molar-refractivity contribution is -0.123. The monoisotopic (exact) mass is 317 g/mol. The number of hydrogen-bond donors (Lipinski definition) is 3. The number of hydrogen-bond acceptors (Lipinski definition) is 2. The minimum Gasteiger partial charge on any atom is -0.368 e. The molecule has 0 aromatic heterocycles. The highest BCUT2D eigenvalue weighted by Gasteiger charge is 2.41. The fraction of sp³-hybridized carbons (Fsp3) is 0.556. The van der Waals surface area contributed by atoms with Crippen molar-refractivity contribution in [1.82, 2.24) is 10.6 Å². The van der Waals surface area contributed by atoms with Crippen LogP contribution in [-0.2, 0) is 4.79 Å². The molecule has 1 aromatic rings. The van der Waals surface area contributed by atoms with E-state index in [1.54, 1.807) is 0 Å². The predicted octanol–water partition coefficient (Wildman–Crippen LogP) is 2.85. The number of aryl methyl sites for hydroxylation is 2. The van der Waals surface area contributed by atoms with E-state index in [2.05, 4.69) is 29.7 Å². The Morgan fingerprint density at radius 3 is 2.43 bits per heavy atom. The van der Waals surface area contributed by atoms with Gasteiger partial charge < -0.3 is 16.4 Å². The van der Waals surface area contributed by atoms with Crippen molar-refractivity contribution in [2.45, 2.75) is 64.5 Å². The summed E-state index contributed by atoms with van der Waals surface area (Å²) in [5.74, 6) is -0.440. The topological polar surface area (TPSA) is 84.2 Å². The number of nitrogens with two attached hydrogens (primary N) is 1. The quantitative estimate of drug-likeness (QED) is 0.780. The summed E-state index contributed by atoms with van der Waals surface area (Å²) in [5.41, 5.74) is 8.09. The molecule has 0 unspecified atom stereocenters. The summed E-state index contributed by atoms with van der Waals surface area (Å²) in [6.07, 6.45) is 3.85. The van der Waals surface area contributed by atoms with Crippen LogP contribution in [0.5, 0.6) is 0 Å². The maximum atomic E-state index is 12.4. The molecule has 1 aliphatic rings. The lowest BCUT2D eigenvalue weighted by atomic mass is 9.96. The predicted molar refractivity (Wildman–Crippen MR) is 91.0 cm³/mol. The van der Waals surface area contributed by atoms with Crippen molar-refractivity contribution in [3.63, 3.8) is 0 Å². The summed E-state index contributed by atoms with van der Waals surface area (Å²) in [5, 5.41) is 5.82. The number of benzene rings is 1. The number of carbonyl (C=O) groups is 2. The van der Waals surface area contributed by atoms with Gasteiger partial charge in [-0.15, -0.1) is 0 Å². The van der Waals surface area contributed by atoms with Crippen molar-refractivity contribution >= 4 is 11.9 Å². The van der Waals surface area contributed by atoms with Crippen LogP contribution in [0.25, 0.3) is 0 Å². The van der Waals surface area contributed by atoms with Crippen LogP contribution in [0.4, 0.5) is 4.79 Å². The van der Waals surface area contributed by atoms with Gasteiger partial charge in [-0.2, -0.15) is 0 Å². The Morgan fingerprint density at radius 2 is 1.91 bits per heavy atom. The van der Waals surface area contributed by atoms with Gasteiger partial charge in [0.1, 0.15) is 5.54 Å². The molecular weight excluding hydrogens is 290 g/mol. The lowest BCUT2D eigenvalue weighted by Crippen LogP contribution is -2.58. The van der Waals surface area contributed by atoms with E-state index in [4.69, 9.17) is 5.73 Å². The van der Waals surface area contributed by atoms with Crippen molar-refractivity contribution in [3.8, 4) is 0 Å². The summed E-state index contributed by atoms with van der Waals surface area (Å²) in [7, 11) is 0. The van der Waals surface area contributed by atoms with Crippen molar-refractivity contribution in [3.05, 3.63) is 34.9 Å². The van der Waals surface area contributed by atoms with Gasteiger partial charge in [0, 0.05) is 0 Å². The average Bonchev–Trinajstić information content (AvgIpc) is 2.95. The molecule has 0 bridgehead atoms. The van der Waals surface area contributed by atoms with E-state index in [9.17, 15) is 9.59 Å². The van der Waals surface area contributed by atoms with Crippen LogP contribution in [0.15, 0.2) is 18.2 Å². The largest absolute Gasteiger partial charge is 0.368 e. The SMILES string of the molecule is CC[C@@H](NC(=O)NC1(C(N)=O)CCCC1)c1ccc(C)cc1C. The molecule has 3 amide bonds. The Kier molecular flexibility index (Phi) is 5.29. The molecule has 23 heavy (non-hydrogen) atoms.